The minimum atomic E-state index is 0.607. The molecule has 0 unspecified atom stereocenters. The maximum Gasteiger partial charge on any atom is 0.187 e. The first kappa shape index (κ1) is 10.6. The number of aromatic nitrogens is 1. The summed E-state index contributed by atoms with van der Waals surface area (Å²) in [7, 11) is 0. The van der Waals surface area contributed by atoms with Gasteiger partial charge in [-0.05, 0) is 35.2 Å². The summed E-state index contributed by atoms with van der Waals surface area (Å²) in [5.74, 6) is 0. The van der Waals surface area contributed by atoms with Gasteiger partial charge >= 0.3 is 0 Å². The van der Waals surface area contributed by atoms with E-state index in [0.717, 1.165) is 11.7 Å². The quantitative estimate of drug-likeness (QED) is 0.834. The van der Waals surface area contributed by atoms with E-state index < -0.39 is 0 Å². The summed E-state index contributed by atoms with van der Waals surface area (Å²) in [5, 5.41) is 7.88. The van der Waals surface area contributed by atoms with Gasteiger partial charge in [-0.2, -0.15) is 11.3 Å². The molecule has 0 spiro atoms. The third-order valence-corrected chi connectivity index (χ3v) is 4.56. The Kier molecular flexibility index (Phi) is 2.88. The van der Waals surface area contributed by atoms with Crippen LogP contribution in [0, 0.1) is 0 Å². The summed E-state index contributed by atoms with van der Waals surface area (Å²) in [4.78, 5) is 6.74. The highest BCUT2D eigenvalue weighted by Gasteiger charge is 2.30. The topological polar surface area (TPSA) is 16.1 Å². The van der Waals surface area contributed by atoms with Crippen molar-refractivity contribution in [2.45, 2.75) is 25.4 Å². The second-order valence-corrected chi connectivity index (χ2v) is 5.95. The van der Waals surface area contributed by atoms with Crippen molar-refractivity contribution in [3.05, 3.63) is 32.9 Å². The van der Waals surface area contributed by atoms with Crippen molar-refractivity contribution in [1.82, 2.24) is 4.98 Å². The van der Waals surface area contributed by atoms with Crippen LogP contribution in [0.3, 0.4) is 0 Å². The Hall–Kier alpha value is -0.580. The van der Waals surface area contributed by atoms with Crippen molar-refractivity contribution in [3.63, 3.8) is 0 Å². The summed E-state index contributed by atoms with van der Waals surface area (Å²) in [5.41, 5.74) is 1.36. The molecule has 16 heavy (non-hydrogen) atoms. The molecule has 5 heteroatoms. The van der Waals surface area contributed by atoms with Gasteiger partial charge in [-0.15, -0.1) is 11.3 Å². The second kappa shape index (κ2) is 4.35. The molecule has 1 aliphatic carbocycles. The molecule has 2 aromatic rings. The lowest BCUT2D eigenvalue weighted by Crippen LogP contribution is -2.24. The number of nitrogens with zero attached hydrogens (tertiary/aromatic N) is 2. The number of hydrogen-bond donors (Lipinski definition) is 0. The molecular weight excluding hydrogens is 260 g/mol. The van der Waals surface area contributed by atoms with Gasteiger partial charge in [0.2, 0.25) is 0 Å². The largest absolute Gasteiger partial charge is 0.341 e. The Bertz CT molecular complexity index is 462. The van der Waals surface area contributed by atoms with Crippen molar-refractivity contribution in [1.29, 1.82) is 0 Å². The third-order valence-electron chi connectivity index (χ3n) is 2.63. The van der Waals surface area contributed by atoms with Crippen LogP contribution in [0.2, 0.25) is 5.15 Å². The fourth-order valence-electron chi connectivity index (χ4n) is 1.70. The molecule has 0 aromatic carbocycles. The number of rotatable bonds is 4. The maximum atomic E-state index is 5.89. The molecular formula is C11H11ClN2S2. The lowest BCUT2D eigenvalue weighted by atomic mass is 10.3. The van der Waals surface area contributed by atoms with E-state index in [2.05, 4.69) is 26.7 Å². The lowest BCUT2D eigenvalue weighted by Gasteiger charge is -2.20. The summed E-state index contributed by atoms with van der Waals surface area (Å²) >= 11 is 9.26. The minimum absolute atomic E-state index is 0.607. The molecule has 84 valence electrons. The van der Waals surface area contributed by atoms with E-state index >= 15 is 0 Å². The van der Waals surface area contributed by atoms with Gasteiger partial charge in [0.15, 0.2) is 5.13 Å². The van der Waals surface area contributed by atoms with Gasteiger partial charge in [-0.3, -0.25) is 0 Å². The molecule has 3 rings (SSSR count). The van der Waals surface area contributed by atoms with Crippen LogP contribution in [-0.2, 0) is 6.54 Å². The number of hydrogen-bond acceptors (Lipinski definition) is 4. The average Bonchev–Trinajstić information content (AvgIpc) is 2.81. The average molecular weight is 271 g/mol. The molecule has 2 aromatic heterocycles. The summed E-state index contributed by atoms with van der Waals surface area (Å²) in [6.07, 6.45) is 2.56. The van der Waals surface area contributed by atoms with E-state index in [1.54, 1.807) is 22.7 Å². The predicted molar refractivity (Wildman–Crippen MR) is 70.6 cm³/mol. The predicted octanol–water partition coefficient (Wildman–Crippen LogP) is 4.03. The molecule has 0 radical (unpaired) electrons. The highest BCUT2D eigenvalue weighted by Crippen LogP contribution is 2.35. The van der Waals surface area contributed by atoms with Crippen LogP contribution in [0.5, 0.6) is 0 Å². The van der Waals surface area contributed by atoms with Crippen LogP contribution >= 0.6 is 34.3 Å². The molecule has 0 N–H and O–H groups in total. The number of thiazole rings is 1. The van der Waals surface area contributed by atoms with Crippen LogP contribution in [0.1, 0.15) is 18.4 Å². The molecule has 2 heterocycles. The van der Waals surface area contributed by atoms with Gasteiger partial charge in [-0.1, -0.05) is 11.6 Å². The maximum absolute atomic E-state index is 5.89. The SMILES string of the molecule is Clc1csc(N(Cc2ccsc2)C2CC2)n1. The van der Waals surface area contributed by atoms with Crippen LogP contribution < -0.4 is 4.90 Å². The van der Waals surface area contributed by atoms with Gasteiger partial charge in [0.25, 0.3) is 0 Å². The first-order valence-corrected chi connectivity index (χ1v) is 7.42. The number of halogens is 1. The van der Waals surface area contributed by atoms with Gasteiger partial charge in [0, 0.05) is 18.0 Å². The fourth-order valence-corrected chi connectivity index (χ4v) is 3.37. The van der Waals surface area contributed by atoms with Crippen LogP contribution in [0.15, 0.2) is 22.2 Å². The normalized spacial score (nSPS) is 15.3. The van der Waals surface area contributed by atoms with E-state index in [-0.39, 0.29) is 0 Å². The van der Waals surface area contributed by atoms with Crippen LogP contribution in [0.4, 0.5) is 5.13 Å². The Morgan fingerprint density at radius 3 is 2.88 bits per heavy atom. The molecule has 1 aliphatic rings. The fraction of sp³-hybridized carbons (Fsp3) is 0.364. The minimum Gasteiger partial charge on any atom is -0.341 e. The molecule has 0 atom stereocenters. The van der Waals surface area contributed by atoms with E-state index in [9.17, 15) is 0 Å². The first-order valence-electron chi connectivity index (χ1n) is 5.21. The summed E-state index contributed by atoms with van der Waals surface area (Å²) < 4.78 is 0. The summed E-state index contributed by atoms with van der Waals surface area (Å²) in [6.45, 7) is 0.956. The van der Waals surface area contributed by atoms with Crippen molar-refractivity contribution in [2.24, 2.45) is 0 Å². The van der Waals surface area contributed by atoms with Crippen molar-refractivity contribution < 1.29 is 0 Å². The Balaban J connectivity index is 1.81. The zero-order valence-corrected chi connectivity index (χ0v) is 11.0. The summed E-state index contributed by atoms with van der Waals surface area (Å²) in [6, 6.07) is 2.84. The van der Waals surface area contributed by atoms with Crippen LogP contribution in [-0.4, -0.2) is 11.0 Å². The molecule has 0 amide bonds. The van der Waals surface area contributed by atoms with Crippen molar-refractivity contribution in [3.8, 4) is 0 Å². The molecule has 1 saturated carbocycles. The van der Waals surface area contributed by atoms with Crippen molar-refractivity contribution >= 4 is 39.4 Å². The third kappa shape index (κ3) is 2.24. The highest BCUT2D eigenvalue weighted by atomic mass is 35.5. The Morgan fingerprint density at radius 2 is 2.31 bits per heavy atom. The van der Waals surface area contributed by atoms with Gasteiger partial charge in [0.05, 0.1) is 0 Å². The monoisotopic (exact) mass is 270 g/mol. The number of thiophene rings is 1. The van der Waals surface area contributed by atoms with E-state index in [0.29, 0.717) is 11.2 Å². The number of anilines is 1. The Labute approximate surface area is 108 Å². The van der Waals surface area contributed by atoms with Crippen LogP contribution in [0.25, 0.3) is 0 Å². The van der Waals surface area contributed by atoms with E-state index in [1.807, 2.05) is 5.38 Å². The smallest absolute Gasteiger partial charge is 0.187 e. The molecule has 0 bridgehead atoms. The highest BCUT2D eigenvalue weighted by molar-refractivity contribution is 7.14. The molecule has 1 fully saturated rings. The standard InChI is InChI=1S/C11H11ClN2S2/c12-10-7-16-11(13-10)14(9-1-2-9)5-8-3-4-15-6-8/h3-4,6-7,9H,1-2,5H2. The van der Waals surface area contributed by atoms with E-state index in [4.69, 9.17) is 11.6 Å². The van der Waals surface area contributed by atoms with Gasteiger partial charge in [-0.25, -0.2) is 4.98 Å². The molecule has 0 aliphatic heterocycles. The molecule has 0 saturated heterocycles. The van der Waals surface area contributed by atoms with Crippen molar-refractivity contribution in [2.75, 3.05) is 4.90 Å². The first-order chi connectivity index (χ1) is 7.83. The zero-order chi connectivity index (χ0) is 11.0. The Morgan fingerprint density at radius 1 is 1.44 bits per heavy atom. The lowest BCUT2D eigenvalue weighted by molar-refractivity contribution is 0.792. The van der Waals surface area contributed by atoms with Gasteiger partial charge < -0.3 is 4.90 Å². The van der Waals surface area contributed by atoms with E-state index in [1.165, 1.54) is 18.4 Å². The molecule has 2 nitrogen and oxygen atoms in total. The zero-order valence-electron chi connectivity index (χ0n) is 8.60. The van der Waals surface area contributed by atoms with Gasteiger partial charge in [0.1, 0.15) is 5.15 Å². The second-order valence-electron chi connectivity index (χ2n) is 3.94.